The molecule has 26 heavy (non-hydrogen) atoms. The molecule has 0 radical (unpaired) electrons. The molecular weight excluding hydrogens is 351 g/mol. The zero-order valence-corrected chi connectivity index (χ0v) is 15.4. The van der Waals surface area contributed by atoms with E-state index in [1.54, 1.807) is 12.1 Å². The van der Waals surface area contributed by atoms with Crippen molar-refractivity contribution in [2.45, 2.75) is 19.4 Å². The lowest BCUT2D eigenvalue weighted by Gasteiger charge is -2.14. The fourth-order valence-corrected chi connectivity index (χ4v) is 3.95. The van der Waals surface area contributed by atoms with E-state index in [1.807, 2.05) is 18.2 Å². The van der Waals surface area contributed by atoms with E-state index >= 15 is 0 Å². The molecule has 134 valence electrons. The van der Waals surface area contributed by atoms with Crippen molar-refractivity contribution in [3.8, 4) is 0 Å². The van der Waals surface area contributed by atoms with E-state index in [1.165, 1.54) is 23.4 Å². The summed E-state index contributed by atoms with van der Waals surface area (Å²) in [4.78, 5) is 15.1. The molecule has 0 bridgehead atoms. The summed E-state index contributed by atoms with van der Waals surface area (Å²) in [5, 5.41) is 1.84. The maximum Gasteiger partial charge on any atom is 0.182 e. The highest BCUT2D eigenvalue weighted by atomic mass is 35.5. The molecule has 5 heteroatoms. The zero-order valence-electron chi connectivity index (χ0n) is 14.6. The van der Waals surface area contributed by atoms with Gasteiger partial charge in [-0.15, -0.1) is 0 Å². The van der Waals surface area contributed by atoms with Crippen molar-refractivity contribution in [2.75, 3.05) is 20.1 Å². The molecule has 0 saturated carbocycles. The Labute approximate surface area is 157 Å². The average Bonchev–Trinajstić information content (AvgIpc) is 2.76. The van der Waals surface area contributed by atoms with E-state index in [-0.39, 0.29) is 18.1 Å². The number of Topliss-reactive ketones (excluding diaryl/α,β-unsaturated/α-hetero) is 1. The third kappa shape index (κ3) is 3.15. The van der Waals surface area contributed by atoms with Crippen molar-refractivity contribution >= 4 is 28.3 Å². The van der Waals surface area contributed by atoms with Crippen LogP contribution in [0.1, 0.15) is 21.6 Å². The van der Waals surface area contributed by atoms with Crippen LogP contribution < -0.4 is 0 Å². The fraction of sp³-hybridized carbons (Fsp3) is 0.286. The van der Waals surface area contributed by atoms with Gasteiger partial charge in [-0.25, -0.2) is 4.39 Å². The van der Waals surface area contributed by atoms with E-state index < -0.39 is 0 Å². The van der Waals surface area contributed by atoms with Gasteiger partial charge in [-0.05, 0) is 61.5 Å². The monoisotopic (exact) mass is 370 g/mol. The lowest BCUT2D eigenvalue weighted by molar-refractivity contribution is 0.0972. The van der Waals surface area contributed by atoms with E-state index in [0.29, 0.717) is 10.6 Å². The van der Waals surface area contributed by atoms with Crippen LogP contribution in [0.3, 0.4) is 0 Å². The molecule has 3 aromatic rings. The molecule has 0 unspecified atom stereocenters. The molecule has 1 aromatic heterocycles. The Hall–Kier alpha value is -2.17. The number of hydrogen-bond donors (Lipinski definition) is 0. The first kappa shape index (κ1) is 17.3. The number of likely N-dealkylation sites (N-methyl/N-ethyl adjacent to an activating group) is 1. The first-order valence-electron chi connectivity index (χ1n) is 8.80. The molecule has 0 amide bonds. The van der Waals surface area contributed by atoms with Crippen LogP contribution in [-0.2, 0) is 19.4 Å². The Morgan fingerprint density at radius 2 is 1.85 bits per heavy atom. The lowest BCUT2D eigenvalue weighted by atomic mass is 10.1. The topological polar surface area (TPSA) is 25.2 Å². The second-order valence-electron chi connectivity index (χ2n) is 6.91. The van der Waals surface area contributed by atoms with Crippen LogP contribution in [-0.4, -0.2) is 35.4 Å². The summed E-state index contributed by atoms with van der Waals surface area (Å²) in [6, 6.07) is 11.6. The van der Waals surface area contributed by atoms with Gasteiger partial charge in [0.25, 0.3) is 0 Å². The molecular formula is C21H20ClFN2O. The molecule has 0 aliphatic carbocycles. The molecule has 0 fully saturated rings. The standard InChI is InChI=1S/C21H20ClFN2O/c1-24-10-8-17-18-12-15(22)4-7-19(18)25(20(17)9-11-24)13-21(26)14-2-5-16(23)6-3-14/h2-7,12H,8-11,13H2,1H3. The Morgan fingerprint density at radius 1 is 1.12 bits per heavy atom. The fourth-order valence-electron chi connectivity index (χ4n) is 3.78. The first-order valence-corrected chi connectivity index (χ1v) is 9.17. The number of nitrogens with zero attached hydrogens (tertiary/aromatic N) is 2. The SMILES string of the molecule is CN1CCc2c(n(CC(=O)c3ccc(F)cc3)c3ccc(Cl)cc23)CC1. The van der Waals surface area contributed by atoms with Gasteiger partial charge in [-0.1, -0.05) is 11.6 Å². The van der Waals surface area contributed by atoms with E-state index in [4.69, 9.17) is 11.6 Å². The second-order valence-corrected chi connectivity index (χ2v) is 7.34. The summed E-state index contributed by atoms with van der Waals surface area (Å²) in [6.07, 6.45) is 1.84. The third-order valence-electron chi connectivity index (χ3n) is 5.19. The summed E-state index contributed by atoms with van der Waals surface area (Å²) in [5.41, 5.74) is 4.07. The molecule has 0 spiro atoms. The van der Waals surface area contributed by atoms with Crippen LogP contribution in [0, 0.1) is 5.82 Å². The highest BCUT2D eigenvalue weighted by Crippen LogP contribution is 2.31. The molecule has 0 N–H and O–H groups in total. The van der Waals surface area contributed by atoms with Gasteiger partial charge in [-0.3, -0.25) is 4.79 Å². The van der Waals surface area contributed by atoms with E-state index in [9.17, 15) is 9.18 Å². The normalized spacial score (nSPS) is 15.0. The largest absolute Gasteiger partial charge is 0.336 e. The van der Waals surface area contributed by atoms with Crippen LogP contribution in [0.4, 0.5) is 4.39 Å². The second kappa shape index (κ2) is 6.86. The summed E-state index contributed by atoms with van der Waals surface area (Å²) >= 11 is 6.23. The minimum atomic E-state index is -0.334. The first-order chi connectivity index (χ1) is 12.5. The maximum absolute atomic E-state index is 13.1. The van der Waals surface area contributed by atoms with Gasteiger partial charge in [-0.2, -0.15) is 0 Å². The van der Waals surface area contributed by atoms with Crippen molar-refractivity contribution in [3.63, 3.8) is 0 Å². The van der Waals surface area contributed by atoms with Crippen LogP contribution in [0.2, 0.25) is 5.02 Å². The number of hydrogen-bond acceptors (Lipinski definition) is 2. The van der Waals surface area contributed by atoms with Crippen molar-refractivity contribution < 1.29 is 9.18 Å². The van der Waals surface area contributed by atoms with Crippen LogP contribution >= 0.6 is 11.6 Å². The predicted molar refractivity (Wildman–Crippen MR) is 103 cm³/mol. The van der Waals surface area contributed by atoms with Gasteiger partial charge in [0.15, 0.2) is 5.78 Å². The maximum atomic E-state index is 13.1. The van der Waals surface area contributed by atoms with Crippen molar-refractivity contribution in [1.82, 2.24) is 9.47 Å². The van der Waals surface area contributed by atoms with Crippen LogP contribution in [0.5, 0.6) is 0 Å². The van der Waals surface area contributed by atoms with Gasteiger partial charge in [0.05, 0.1) is 6.54 Å². The third-order valence-corrected chi connectivity index (χ3v) is 5.43. The Morgan fingerprint density at radius 3 is 2.62 bits per heavy atom. The molecule has 3 nitrogen and oxygen atoms in total. The minimum absolute atomic E-state index is 0.0164. The lowest BCUT2D eigenvalue weighted by Crippen LogP contribution is -2.21. The number of carbonyl (C=O) groups excluding carboxylic acids is 1. The number of benzene rings is 2. The number of halogens is 2. The van der Waals surface area contributed by atoms with Gasteiger partial charge in [0.2, 0.25) is 0 Å². The van der Waals surface area contributed by atoms with Crippen LogP contribution in [0.15, 0.2) is 42.5 Å². The highest BCUT2D eigenvalue weighted by molar-refractivity contribution is 6.31. The summed E-state index contributed by atoms with van der Waals surface area (Å²) in [5.74, 6) is -0.350. The summed E-state index contributed by atoms with van der Waals surface area (Å²) in [7, 11) is 2.12. The Bertz CT molecular complexity index is 978. The Kier molecular flexibility index (Phi) is 4.55. The molecule has 1 aliphatic rings. The summed E-state index contributed by atoms with van der Waals surface area (Å²) < 4.78 is 15.3. The van der Waals surface area contributed by atoms with Crippen molar-refractivity contribution in [3.05, 3.63) is 70.1 Å². The minimum Gasteiger partial charge on any atom is -0.336 e. The Balaban J connectivity index is 1.79. The number of ketones is 1. The van der Waals surface area contributed by atoms with Gasteiger partial charge >= 0.3 is 0 Å². The van der Waals surface area contributed by atoms with Crippen molar-refractivity contribution in [2.24, 2.45) is 0 Å². The molecule has 0 saturated heterocycles. The van der Waals surface area contributed by atoms with Gasteiger partial charge < -0.3 is 9.47 Å². The van der Waals surface area contributed by atoms with Gasteiger partial charge in [0.1, 0.15) is 5.82 Å². The number of carbonyl (C=O) groups is 1. The summed E-state index contributed by atoms with van der Waals surface area (Å²) in [6.45, 7) is 2.20. The average molecular weight is 371 g/mol. The van der Waals surface area contributed by atoms with E-state index in [2.05, 4.69) is 16.5 Å². The quantitative estimate of drug-likeness (QED) is 0.640. The highest BCUT2D eigenvalue weighted by Gasteiger charge is 2.22. The van der Waals surface area contributed by atoms with E-state index in [0.717, 1.165) is 36.8 Å². The molecule has 4 rings (SSSR count). The predicted octanol–water partition coefficient (Wildman–Crippen LogP) is 4.35. The number of aromatic nitrogens is 1. The molecule has 0 atom stereocenters. The smallest absolute Gasteiger partial charge is 0.182 e. The molecule has 1 aliphatic heterocycles. The van der Waals surface area contributed by atoms with Crippen LogP contribution in [0.25, 0.3) is 10.9 Å². The van der Waals surface area contributed by atoms with Gasteiger partial charge in [0, 0.05) is 46.7 Å². The van der Waals surface area contributed by atoms with Crippen molar-refractivity contribution in [1.29, 1.82) is 0 Å². The molecule has 2 aromatic carbocycles. The zero-order chi connectivity index (χ0) is 18.3. The number of fused-ring (bicyclic) bond motifs is 3. The number of rotatable bonds is 3. The molecule has 2 heterocycles.